The van der Waals surface area contributed by atoms with Crippen LogP contribution in [0.1, 0.15) is 11.3 Å². The van der Waals surface area contributed by atoms with Gasteiger partial charge < -0.3 is 4.42 Å². The number of hydrogen-bond acceptors (Lipinski definition) is 3. The molecular weight excluding hydrogens is 454 g/mol. The molecule has 0 N–H and O–H groups in total. The number of allylic oxidation sites excluding steroid dienone is 1. The average Bonchev–Trinajstić information content (AvgIpc) is 3.06. The molecule has 0 saturated carbocycles. The van der Waals surface area contributed by atoms with E-state index in [0.29, 0.717) is 16.4 Å². The lowest BCUT2D eigenvalue weighted by molar-refractivity contribution is 0.463. The molecule has 1 aromatic heterocycles. The quantitative estimate of drug-likeness (QED) is 0.285. The smallest absolute Gasteiger partial charge is 0.179 e. The van der Waals surface area contributed by atoms with Crippen molar-refractivity contribution in [2.24, 2.45) is 0 Å². The highest BCUT2D eigenvalue weighted by Crippen LogP contribution is 2.37. The van der Waals surface area contributed by atoms with E-state index in [0.717, 1.165) is 30.8 Å². The van der Waals surface area contributed by atoms with Crippen LogP contribution in [0.3, 0.4) is 0 Å². The van der Waals surface area contributed by atoms with Crippen molar-refractivity contribution in [1.82, 2.24) is 0 Å². The summed E-state index contributed by atoms with van der Waals surface area (Å²) in [6.45, 7) is 0. The van der Waals surface area contributed by atoms with E-state index >= 15 is 0 Å². The van der Waals surface area contributed by atoms with E-state index in [1.54, 1.807) is 6.08 Å². The first-order valence-corrected chi connectivity index (χ1v) is 10.4. The predicted octanol–water partition coefficient (Wildman–Crippen LogP) is 8.06. The highest BCUT2D eigenvalue weighted by atomic mass is 79.9. The van der Waals surface area contributed by atoms with Crippen LogP contribution in [0.5, 0.6) is 0 Å². The Morgan fingerprint density at radius 1 is 1.00 bits per heavy atom. The van der Waals surface area contributed by atoms with Gasteiger partial charge in [-0.25, -0.2) is 0 Å². The Bertz CT molecular complexity index is 1220. The molecule has 28 heavy (non-hydrogen) atoms. The molecule has 0 radical (unpaired) electrons. The van der Waals surface area contributed by atoms with E-state index in [2.05, 4.69) is 28.1 Å². The maximum absolute atomic E-state index is 9.66. The SMILES string of the molecule is N#C/C(=C/c1cc(Br)c(Sc2ccc(Cl)cc2)o1)c1ccc2ccccc2c1. The zero-order valence-electron chi connectivity index (χ0n) is 14.5. The van der Waals surface area contributed by atoms with Gasteiger partial charge in [-0.15, -0.1) is 0 Å². The van der Waals surface area contributed by atoms with E-state index in [-0.39, 0.29) is 0 Å². The summed E-state index contributed by atoms with van der Waals surface area (Å²) in [4.78, 5) is 1.02. The van der Waals surface area contributed by atoms with Gasteiger partial charge in [0.2, 0.25) is 0 Å². The molecule has 0 amide bonds. The number of nitrogens with zero attached hydrogens (tertiary/aromatic N) is 1. The maximum atomic E-state index is 9.66. The molecule has 0 aliphatic carbocycles. The molecule has 0 aliphatic rings. The molecule has 4 aromatic rings. The Labute approximate surface area is 180 Å². The third-order valence-corrected chi connectivity index (χ3v) is 6.27. The van der Waals surface area contributed by atoms with Crippen LogP contribution in [0.25, 0.3) is 22.4 Å². The minimum atomic E-state index is 0.551. The first-order chi connectivity index (χ1) is 13.6. The van der Waals surface area contributed by atoms with Crippen molar-refractivity contribution < 1.29 is 4.42 Å². The summed E-state index contributed by atoms with van der Waals surface area (Å²) in [5, 5.41) is 13.3. The first kappa shape index (κ1) is 18.9. The summed E-state index contributed by atoms with van der Waals surface area (Å²) in [6, 6.07) is 25.8. The second kappa shape index (κ2) is 8.28. The van der Waals surface area contributed by atoms with Gasteiger partial charge in [0, 0.05) is 9.92 Å². The molecule has 4 rings (SSSR count). The zero-order valence-corrected chi connectivity index (χ0v) is 17.7. The Morgan fingerprint density at radius 3 is 2.50 bits per heavy atom. The lowest BCUT2D eigenvalue weighted by atomic mass is 10.0. The topological polar surface area (TPSA) is 36.9 Å². The lowest BCUT2D eigenvalue weighted by Gasteiger charge is -2.02. The van der Waals surface area contributed by atoms with Gasteiger partial charge in [-0.3, -0.25) is 0 Å². The van der Waals surface area contributed by atoms with E-state index in [1.165, 1.54) is 11.8 Å². The van der Waals surface area contributed by atoms with Crippen LogP contribution in [-0.4, -0.2) is 0 Å². The van der Waals surface area contributed by atoms with Gasteiger partial charge in [0.15, 0.2) is 5.09 Å². The van der Waals surface area contributed by atoms with Crippen LogP contribution in [0, 0.1) is 11.3 Å². The van der Waals surface area contributed by atoms with Gasteiger partial charge in [0.1, 0.15) is 5.76 Å². The number of fused-ring (bicyclic) bond motifs is 1. The second-order valence-corrected chi connectivity index (χ2v) is 8.41. The van der Waals surface area contributed by atoms with Crippen LogP contribution in [0.4, 0.5) is 0 Å². The number of hydrogen-bond donors (Lipinski definition) is 0. The molecular formula is C23H13BrClNOS. The fraction of sp³-hybridized carbons (Fsp3) is 0. The second-order valence-electron chi connectivity index (χ2n) is 6.07. The van der Waals surface area contributed by atoms with Crippen LogP contribution in [0.15, 0.2) is 91.7 Å². The van der Waals surface area contributed by atoms with Crippen molar-refractivity contribution in [3.63, 3.8) is 0 Å². The lowest BCUT2D eigenvalue weighted by Crippen LogP contribution is -1.82. The summed E-state index contributed by atoms with van der Waals surface area (Å²) in [6.07, 6.45) is 1.76. The largest absolute Gasteiger partial charge is 0.449 e. The molecule has 0 unspecified atom stereocenters. The van der Waals surface area contributed by atoms with Crippen molar-refractivity contribution in [3.05, 3.63) is 93.6 Å². The molecule has 1 heterocycles. The third-order valence-electron chi connectivity index (χ3n) is 4.17. The Morgan fingerprint density at radius 2 is 1.75 bits per heavy atom. The average molecular weight is 467 g/mol. The summed E-state index contributed by atoms with van der Waals surface area (Å²) >= 11 is 11.0. The van der Waals surface area contributed by atoms with Crippen LogP contribution < -0.4 is 0 Å². The number of nitriles is 1. The molecule has 3 aromatic carbocycles. The van der Waals surface area contributed by atoms with Crippen molar-refractivity contribution in [3.8, 4) is 6.07 Å². The maximum Gasteiger partial charge on any atom is 0.179 e. The monoisotopic (exact) mass is 465 g/mol. The molecule has 0 saturated heterocycles. The summed E-state index contributed by atoms with van der Waals surface area (Å²) in [5.74, 6) is 0.619. The Hall–Kier alpha value is -2.45. The summed E-state index contributed by atoms with van der Waals surface area (Å²) < 4.78 is 6.79. The van der Waals surface area contributed by atoms with E-state index in [4.69, 9.17) is 16.0 Å². The summed E-state index contributed by atoms with van der Waals surface area (Å²) in [5.41, 5.74) is 1.41. The van der Waals surface area contributed by atoms with Gasteiger partial charge in [0.05, 0.1) is 16.1 Å². The molecule has 2 nitrogen and oxygen atoms in total. The van der Waals surface area contributed by atoms with Crippen molar-refractivity contribution in [2.45, 2.75) is 9.99 Å². The highest BCUT2D eigenvalue weighted by molar-refractivity contribution is 9.10. The number of furan rings is 1. The van der Waals surface area contributed by atoms with Crippen molar-refractivity contribution in [1.29, 1.82) is 5.26 Å². The first-order valence-electron chi connectivity index (χ1n) is 8.46. The minimum Gasteiger partial charge on any atom is -0.449 e. The molecule has 5 heteroatoms. The molecule has 0 bridgehead atoms. The minimum absolute atomic E-state index is 0.551. The van der Waals surface area contributed by atoms with E-state index in [1.807, 2.05) is 66.7 Å². The number of rotatable bonds is 4. The standard InChI is InChI=1S/C23H13BrClNOS/c24-22-13-20(27-23(22)28-21-9-7-19(25)8-10-21)12-18(14-26)17-6-5-15-3-1-2-4-16(15)11-17/h1-13H/b18-12-. The Kier molecular flexibility index (Phi) is 5.59. The van der Waals surface area contributed by atoms with Gasteiger partial charge in [0.25, 0.3) is 0 Å². The zero-order chi connectivity index (χ0) is 19.5. The van der Waals surface area contributed by atoms with Crippen LogP contribution >= 0.6 is 39.3 Å². The molecule has 0 fully saturated rings. The predicted molar refractivity (Wildman–Crippen MR) is 119 cm³/mol. The van der Waals surface area contributed by atoms with Gasteiger partial charge in [-0.2, -0.15) is 5.26 Å². The van der Waals surface area contributed by atoms with Gasteiger partial charge in [-0.05, 0) is 74.7 Å². The molecule has 0 aliphatic heterocycles. The normalized spacial score (nSPS) is 11.5. The number of benzene rings is 3. The molecule has 136 valence electrons. The van der Waals surface area contributed by atoms with Crippen LogP contribution in [-0.2, 0) is 0 Å². The molecule has 0 atom stereocenters. The highest BCUT2D eigenvalue weighted by Gasteiger charge is 2.11. The fourth-order valence-electron chi connectivity index (χ4n) is 2.80. The van der Waals surface area contributed by atoms with Crippen molar-refractivity contribution in [2.75, 3.05) is 0 Å². The van der Waals surface area contributed by atoms with Gasteiger partial charge >= 0.3 is 0 Å². The van der Waals surface area contributed by atoms with E-state index < -0.39 is 0 Å². The number of halogens is 2. The molecule has 0 spiro atoms. The van der Waals surface area contributed by atoms with E-state index in [9.17, 15) is 5.26 Å². The van der Waals surface area contributed by atoms with Crippen molar-refractivity contribution >= 4 is 61.7 Å². The third kappa shape index (κ3) is 4.18. The van der Waals surface area contributed by atoms with Gasteiger partial charge in [-0.1, -0.05) is 59.8 Å². The Balaban J connectivity index is 1.64. The van der Waals surface area contributed by atoms with Crippen LogP contribution in [0.2, 0.25) is 5.02 Å². The fourth-order valence-corrected chi connectivity index (χ4v) is 4.25. The summed E-state index contributed by atoms with van der Waals surface area (Å²) in [7, 11) is 0.